The molecule has 1 aromatic rings. The number of alkyl halides is 3. The lowest BCUT2D eigenvalue weighted by molar-refractivity contribution is -0.144. The fourth-order valence-electron chi connectivity index (χ4n) is 1.72. The van der Waals surface area contributed by atoms with E-state index in [-0.39, 0.29) is 17.7 Å². The normalized spacial score (nSPS) is 17.4. The fraction of sp³-hybridized carbons (Fsp3) is 0.636. The van der Waals surface area contributed by atoms with Gasteiger partial charge >= 0.3 is 6.18 Å². The van der Waals surface area contributed by atoms with Gasteiger partial charge in [0.1, 0.15) is 11.6 Å². The van der Waals surface area contributed by atoms with Crippen LogP contribution < -0.4 is 10.6 Å². The molecule has 100 valence electrons. The molecule has 1 saturated carbocycles. The number of hydrogen-bond acceptors (Lipinski definition) is 4. The van der Waals surface area contributed by atoms with Gasteiger partial charge in [-0.2, -0.15) is 13.2 Å². The molecule has 1 heterocycles. The van der Waals surface area contributed by atoms with E-state index < -0.39 is 12.0 Å². The Bertz CT molecular complexity index is 429. The molecule has 0 aliphatic heterocycles. The van der Waals surface area contributed by atoms with E-state index in [4.69, 9.17) is 0 Å². The van der Waals surface area contributed by atoms with Crippen LogP contribution in [0.5, 0.6) is 0 Å². The van der Waals surface area contributed by atoms with Crippen molar-refractivity contribution in [1.82, 2.24) is 9.97 Å². The van der Waals surface area contributed by atoms with Crippen LogP contribution in [-0.4, -0.2) is 23.1 Å². The second-order valence-corrected chi connectivity index (χ2v) is 4.48. The molecule has 2 N–H and O–H groups in total. The molecule has 1 aliphatic rings. The van der Waals surface area contributed by atoms with Crippen LogP contribution in [0.3, 0.4) is 0 Å². The zero-order valence-electron chi connectivity index (χ0n) is 10.2. The fourth-order valence-corrected chi connectivity index (χ4v) is 1.72. The minimum absolute atomic E-state index is 0.130. The number of halogens is 3. The minimum atomic E-state index is -4.54. The number of anilines is 2. The second-order valence-electron chi connectivity index (χ2n) is 4.48. The standard InChI is InChI=1S/C11H15F3N4/c1-6(7-3-4-7)16-9-5-8(15-2)17-10(18-9)11(12,13)14/h5-7H,3-4H2,1-2H3,(H2,15,16,17,18). The number of hydrogen-bond donors (Lipinski definition) is 2. The van der Waals surface area contributed by atoms with Gasteiger partial charge in [-0.1, -0.05) is 0 Å². The summed E-state index contributed by atoms with van der Waals surface area (Å²) in [6.07, 6.45) is -2.30. The van der Waals surface area contributed by atoms with Gasteiger partial charge in [0.05, 0.1) is 0 Å². The van der Waals surface area contributed by atoms with Crippen LogP contribution in [0.15, 0.2) is 6.07 Å². The third-order valence-corrected chi connectivity index (χ3v) is 2.94. The molecule has 18 heavy (non-hydrogen) atoms. The number of nitrogens with one attached hydrogen (secondary N) is 2. The molecular formula is C11H15F3N4. The average Bonchev–Trinajstić information content (AvgIpc) is 3.11. The molecule has 1 aromatic heterocycles. The molecule has 1 aliphatic carbocycles. The summed E-state index contributed by atoms with van der Waals surface area (Å²) < 4.78 is 37.8. The molecular weight excluding hydrogens is 245 g/mol. The van der Waals surface area contributed by atoms with Gasteiger partial charge in [0.25, 0.3) is 0 Å². The van der Waals surface area contributed by atoms with Crippen LogP contribution in [-0.2, 0) is 6.18 Å². The molecule has 0 radical (unpaired) electrons. The molecule has 4 nitrogen and oxygen atoms in total. The zero-order valence-corrected chi connectivity index (χ0v) is 10.2. The Morgan fingerprint density at radius 3 is 2.39 bits per heavy atom. The molecule has 7 heteroatoms. The zero-order chi connectivity index (χ0) is 13.3. The first-order valence-electron chi connectivity index (χ1n) is 5.80. The highest BCUT2D eigenvalue weighted by Crippen LogP contribution is 2.34. The van der Waals surface area contributed by atoms with Crippen molar-refractivity contribution in [1.29, 1.82) is 0 Å². The van der Waals surface area contributed by atoms with Gasteiger partial charge < -0.3 is 10.6 Å². The van der Waals surface area contributed by atoms with E-state index in [0.717, 1.165) is 12.8 Å². The van der Waals surface area contributed by atoms with Gasteiger partial charge in [0, 0.05) is 19.2 Å². The molecule has 0 spiro atoms. The van der Waals surface area contributed by atoms with Gasteiger partial charge in [-0.25, -0.2) is 9.97 Å². The van der Waals surface area contributed by atoms with E-state index >= 15 is 0 Å². The predicted octanol–water partition coefficient (Wildman–Crippen LogP) is 2.75. The summed E-state index contributed by atoms with van der Waals surface area (Å²) in [6.45, 7) is 1.95. The lowest BCUT2D eigenvalue weighted by Gasteiger charge is -2.15. The Morgan fingerprint density at radius 1 is 1.28 bits per heavy atom. The van der Waals surface area contributed by atoms with E-state index in [0.29, 0.717) is 5.92 Å². The van der Waals surface area contributed by atoms with Crippen molar-refractivity contribution >= 4 is 11.6 Å². The van der Waals surface area contributed by atoms with Gasteiger partial charge in [0.15, 0.2) is 0 Å². The number of aromatic nitrogens is 2. The molecule has 1 unspecified atom stereocenters. The lowest BCUT2D eigenvalue weighted by Crippen LogP contribution is -2.20. The predicted molar refractivity (Wildman–Crippen MR) is 62.4 cm³/mol. The summed E-state index contributed by atoms with van der Waals surface area (Å²) in [5, 5.41) is 5.61. The maximum atomic E-state index is 12.6. The number of nitrogens with zero attached hydrogens (tertiary/aromatic N) is 2. The van der Waals surface area contributed by atoms with E-state index in [2.05, 4.69) is 20.6 Å². The van der Waals surface area contributed by atoms with E-state index in [9.17, 15) is 13.2 Å². The van der Waals surface area contributed by atoms with Crippen LogP contribution >= 0.6 is 0 Å². The SMILES string of the molecule is CNc1cc(NC(C)C2CC2)nc(C(F)(F)F)n1. The third-order valence-electron chi connectivity index (χ3n) is 2.94. The number of rotatable bonds is 4. The molecule has 0 saturated heterocycles. The third kappa shape index (κ3) is 3.02. The summed E-state index contributed by atoms with van der Waals surface area (Å²) in [7, 11) is 1.52. The summed E-state index contributed by atoms with van der Waals surface area (Å²) in [5.41, 5.74) is 0. The van der Waals surface area contributed by atoms with Crippen LogP contribution in [0, 0.1) is 5.92 Å². The van der Waals surface area contributed by atoms with E-state index in [1.165, 1.54) is 13.1 Å². The van der Waals surface area contributed by atoms with Crippen molar-refractivity contribution in [2.75, 3.05) is 17.7 Å². The molecule has 1 fully saturated rings. The highest BCUT2D eigenvalue weighted by molar-refractivity contribution is 5.48. The van der Waals surface area contributed by atoms with Crippen molar-refractivity contribution in [3.63, 3.8) is 0 Å². The average molecular weight is 260 g/mol. The second kappa shape index (κ2) is 4.62. The smallest absolute Gasteiger partial charge is 0.373 e. The van der Waals surface area contributed by atoms with Gasteiger partial charge in [-0.05, 0) is 25.7 Å². The molecule has 2 rings (SSSR count). The van der Waals surface area contributed by atoms with Crippen LogP contribution in [0.4, 0.5) is 24.8 Å². The van der Waals surface area contributed by atoms with E-state index in [1.807, 2.05) is 6.92 Å². The van der Waals surface area contributed by atoms with Crippen molar-refractivity contribution < 1.29 is 13.2 Å². The molecule has 0 amide bonds. The van der Waals surface area contributed by atoms with Gasteiger partial charge in [-0.15, -0.1) is 0 Å². The lowest BCUT2D eigenvalue weighted by atomic mass is 10.2. The summed E-state index contributed by atoms with van der Waals surface area (Å²) in [4.78, 5) is 6.92. The maximum absolute atomic E-state index is 12.6. The Labute approximate surface area is 103 Å². The Hall–Kier alpha value is -1.53. The molecule has 0 aromatic carbocycles. The first-order chi connectivity index (χ1) is 8.40. The first-order valence-corrected chi connectivity index (χ1v) is 5.80. The summed E-state index contributed by atoms with van der Waals surface area (Å²) >= 11 is 0. The van der Waals surface area contributed by atoms with Crippen molar-refractivity contribution in [3.8, 4) is 0 Å². The van der Waals surface area contributed by atoms with Crippen LogP contribution in [0.1, 0.15) is 25.6 Å². The Kier molecular flexibility index (Phi) is 3.32. The first kappa shape index (κ1) is 12.9. The van der Waals surface area contributed by atoms with Crippen molar-refractivity contribution in [3.05, 3.63) is 11.9 Å². The van der Waals surface area contributed by atoms with Crippen molar-refractivity contribution in [2.24, 2.45) is 5.92 Å². The van der Waals surface area contributed by atoms with Gasteiger partial charge in [0.2, 0.25) is 5.82 Å². The minimum Gasteiger partial charge on any atom is -0.373 e. The van der Waals surface area contributed by atoms with Crippen LogP contribution in [0.2, 0.25) is 0 Å². The maximum Gasteiger partial charge on any atom is 0.451 e. The quantitative estimate of drug-likeness (QED) is 0.874. The molecule has 1 atom stereocenters. The Morgan fingerprint density at radius 2 is 1.89 bits per heavy atom. The highest BCUT2D eigenvalue weighted by atomic mass is 19.4. The largest absolute Gasteiger partial charge is 0.451 e. The molecule has 0 bridgehead atoms. The van der Waals surface area contributed by atoms with Gasteiger partial charge in [-0.3, -0.25) is 0 Å². The highest BCUT2D eigenvalue weighted by Gasteiger charge is 2.36. The topological polar surface area (TPSA) is 49.8 Å². The monoisotopic (exact) mass is 260 g/mol. The van der Waals surface area contributed by atoms with Crippen molar-refractivity contribution in [2.45, 2.75) is 32.0 Å². The Balaban J connectivity index is 2.22. The van der Waals surface area contributed by atoms with E-state index in [1.54, 1.807) is 0 Å². The summed E-state index contributed by atoms with van der Waals surface area (Å²) in [6, 6.07) is 1.61. The van der Waals surface area contributed by atoms with Crippen LogP contribution in [0.25, 0.3) is 0 Å². The summed E-state index contributed by atoms with van der Waals surface area (Å²) in [5.74, 6) is -0.226.